The van der Waals surface area contributed by atoms with E-state index in [2.05, 4.69) is 11.6 Å². The van der Waals surface area contributed by atoms with Crippen molar-refractivity contribution < 1.29 is 9.53 Å². The van der Waals surface area contributed by atoms with Gasteiger partial charge in [-0.1, -0.05) is 42.1 Å². The van der Waals surface area contributed by atoms with Crippen molar-refractivity contribution in [3.8, 4) is 5.75 Å². The minimum Gasteiger partial charge on any atom is -0.492 e. The molecular weight excluding hydrogens is 360 g/mol. The number of allylic oxidation sites excluding steroid dienone is 1. The Morgan fingerprint density at radius 3 is 2.74 bits per heavy atom. The van der Waals surface area contributed by atoms with E-state index in [1.165, 1.54) is 18.7 Å². The third-order valence-corrected chi connectivity index (χ3v) is 4.92. The highest BCUT2D eigenvalue weighted by Gasteiger charge is 2.11. The third-order valence-electron chi connectivity index (χ3n) is 3.98. The van der Waals surface area contributed by atoms with Crippen molar-refractivity contribution in [2.75, 3.05) is 12.4 Å². The van der Waals surface area contributed by atoms with Crippen molar-refractivity contribution in [1.29, 1.82) is 0 Å². The highest BCUT2D eigenvalue weighted by molar-refractivity contribution is 7.99. The van der Waals surface area contributed by atoms with Crippen LogP contribution >= 0.6 is 11.8 Å². The lowest BCUT2D eigenvalue weighted by Crippen LogP contribution is -2.23. The number of hydrogen-bond acceptors (Lipinski definition) is 5. The van der Waals surface area contributed by atoms with Crippen LogP contribution in [-0.2, 0) is 6.54 Å². The number of carbonyl (C=O) groups is 1. The largest absolute Gasteiger partial charge is 0.492 e. The number of fused-ring (bicyclic) bond motifs is 1. The number of aromatic nitrogens is 2. The number of carbonyl (C=O) groups excluding carboxylic acids is 1. The van der Waals surface area contributed by atoms with E-state index in [1.807, 2.05) is 30.3 Å². The summed E-state index contributed by atoms with van der Waals surface area (Å²) in [6.07, 6.45) is 1.68. The lowest BCUT2D eigenvalue weighted by Gasteiger charge is -2.12. The van der Waals surface area contributed by atoms with Gasteiger partial charge in [-0.05, 0) is 31.2 Å². The van der Waals surface area contributed by atoms with Gasteiger partial charge in [-0.15, -0.1) is 6.58 Å². The molecule has 0 N–H and O–H groups in total. The Hall–Kier alpha value is -2.86. The summed E-state index contributed by atoms with van der Waals surface area (Å²) in [5.74, 6) is 1.13. The number of hydrogen-bond donors (Lipinski definition) is 0. The first-order valence-corrected chi connectivity index (χ1v) is 9.56. The van der Waals surface area contributed by atoms with Crippen LogP contribution in [0, 0.1) is 0 Å². The summed E-state index contributed by atoms with van der Waals surface area (Å²) in [5.41, 5.74) is 1.16. The average molecular weight is 380 g/mol. The zero-order chi connectivity index (χ0) is 19.2. The molecule has 6 heteroatoms. The lowest BCUT2D eigenvalue weighted by atomic mass is 10.1. The first kappa shape index (κ1) is 18.9. The van der Waals surface area contributed by atoms with Crippen LogP contribution in [0.2, 0.25) is 0 Å². The molecule has 3 aromatic rings. The highest BCUT2D eigenvalue weighted by atomic mass is 32.2. The van der Waals surface area contributed by atoms with Gasteiger partial charge in [-0.3, -0.25) is 14.2 Å². The van der Waals surface area contributed by atoms with E-state index in [0.717, 1.165) is 0 Å². The molecule has 27 heavy (non-hydrogen) atoms. The second kappa shape index (κ2) is 8.68. The molecule has 0 saturated heterocycles. The topological polar surface area (TPSA) is 61.2 Å². The Bertz CT molecular complexity index is 1040. The molecule has 2 aromatic carbocycles. The Labute approximate surface area is 161 Å². The van der Waals surface area contributed by atoms with Crippen molar-refractivity contribution in [2.45, 2.75) is 18.6 Å². The van der Waals surface area contributed by atoms with Crippen molar-refractivity contribution in [3.05, 3.63) is 77.1 Å². The third kappa shape index (κ3) is 4.28. The molecule has 0 aliphatic heterocycles. The van der Waals surface area contributed by atoms with E-state index in [1.54, 1.807) is 28.8 Å². The monoisotopic (exact) mass is 380 g/mol. The number of benzene rings is 2. The fourth-order valence-electron chi connectivity index (χ4n) is 2.72. The van der Waals surface area contributed by atoms with Gasteiger partial charge in [-0.2, -0.15) is 0 Å². The standard InChI is InChI=1S/C21H20N2O3S/c1-3-12-23-20(25)17-9-4-6-10-18(17)22-21(23)27-14-13-26-19-11-7-5-8-16(19)15(2)24/h3-11H,1,12-14H2,2H3. The lowest BCUT2D eigenvalue weighted by molar-refractivity contribution is 0.101. The van der Waals surface area contributed by atoms with Crippen LogP contribution < -0.4 is 10.3 Å². The molecule has 3 rings (SSSR count). The molecular formula is C21H20N2O3S. The van der Waals surface area contributed by atoms with Crippen LogP contribution in [0.5, 0.6) is 5.75 Å². The molecule has 0 fully saturated rings. The predicted octanol–water partition coefficient (Wildman–Crippen LogP) is 3.96. The summed E-state index contributed by atoms with van der Waals surface area (Å²) < 4.78 is 7.38. The van der Waals surface area contributed by atoms with Crippen LogP contribution in [0.15, 0.2) is 71.1 Å². The molecule has 0 radical (unpaired) electrons. The van der Waals surface area contributed by atoms with E-state index in [-0.39, 0.29) is 11.3 Å². The first-order valence-electron chi connectivity index (χ1n) is 8.58. The Kier molecular flexibility index (Phi) is 6.08. The molecule has 0 amide bonds. The van der Waals surface area contributed by atoms with E-state index in [4.69, 9.17) is 4.74 Å². The first-order chi connectivity index (χ1) is 13.1. The van der Waals surface area contributed by atoms with E-state index in [9.17, 15) is 9.59 Å². The van der Waals surface area contributed by atoms with Crippen LogP contribution in [0.4, 0.5) is 0 Å². The van der Waals surface area contributed by atoms with Crippen LogP contribution in [0.3, 0.4) is 0 Å². The van der Waals surface area contributed by atoms with Gasteiger partial charge in [-0.25, -0.2) is 4.98 Å². The fourth-order valence-corrected chi connectivity index (χ4v) is 3.54. The maximum Gasteiger partial charge on any atom is 0.262 e. The Morgan fingerprint density at radius 2 is 1.96 bits per heavy atom. The summed E-state index contributed by atoms with van der Waals surface area (Å²) in [7, 11) is 0. The number of ketones is 1. The summed E-state index contributed by atoms with van der Waals surface area (Å²) in [6, 6.07) is 14.5. The predicted molar refractivity (Wildman–Crippen MR) is 109 cm³/mol. The molecule has 0 bridgehead atoms. The minimum atomic E-state index is -0.0779. The molecule has 0 atom stereocenters. The summed E-state index contributed by atoms with van der Waals surface area (Å²) in [6.45, 7) is 6.04. The normalized spacial score (nSPS) is 10.7. The van der Waals surface area contributed by atoms with Crippen LogP contribution in [0.1, 0.15) is 17.3 Å². The van der Waals surface area contributed by atoms with Gasteiger partial charge in [0.2, 0.25) is 0 Å². The van der Waals surface area contributed by atoms with E-state index < -0.39 is 0 Å². The van der Waals surface area contributed by atoms with Crippen LogP contribution in [-0.4, -0.2) is 27.7 Å². The highest BCUT2D eigenvalue weighted by Crippen LogP contribution is 2.21. The maximum atomic E-state index is 12.7. The van der Waals surface area contributed by atoms with Gasteiger partial charge in [0.05, 0.1) is 23.1 Å². The van der Waals surface area contributed by atoms with Crippen molar-refractivity contribution in [1.82, 2.24) is 9.55 Å². The molecule has 1 aromatic heterocycles. The maximum absolute atomic E-state index is 12.7. The van der Waals surface area contributed by atoms with Gasteiger partial charge in [0.1, 0.15) is 5.75 Å². The number of nitrogens with zero attached hydrogens (tertiary/aromatic N) is 2. The number of Topliss-reactive ketones (excluding diaryl/α,β-unsaturated/α-hetero) is 1. The smallest absolute Gasteiger partial charge is 0.262 e. The number of para-hydroxylation sites is 2. The van der Waals surface area contributed by atoms with Crippen molar-refractivity contribution in [2.24, 2.45) is 0 Å². The molecule has 1 heterocycles. The molecule has 5 nitrogen and oxygen atoms in total. The fraction of sp³-hybridized carbons (Fsp3) is 0.190. The summed E-state index contributed by atoms with van der Waals surface area (Å²) >= 11 is 1.44. The SMILES string of the molecule is C=CCn1c(SCCOc2ccccc2C(C)=O)nc2ccccc2c1=O. The van der Waals surface area contributed by atoms with Gasteiger partial charge in [0.15, 0.2) is 10.9 Å². The second-order valence-electron chi connectivity index (χ2n) is 5.87. The Morgan fingerprint density at radius 1 is 1.22 bits per heavy atom. The van der Waals surface area contributed by atoms with Crippen molar-refractivity contribution >= 4 is 28.4 Å². The molecule has 0 saturated carbocycles. The quantitative estimate of drug-likeness (QED) is 0.195. The minimum absolute atomic E-state index is 0.0331. The molecule has 138 valence electrons. The van der Waals surface area contributed by atoms with Gasteiger partial charge < -0.3 is 4.74 Å². The Balaban J connectivity index is 1.75. The van der Waals surface area contributed by atoms with Gasteiger partial charge in [0.25, 0.3) is 5.56 Å². The second-order valence-corrected chi connectivity index (χ2v) is 6.93. The number of rotatable bonds is 8. The molecule has 0 aliphatic carbocycles. The summed E-state index contributed by atoms with van der Waals surface area (Å²) in [4.78, 5) is 29.0. The molecule has 0 unspecified atom stereocenters. The number of thioether (sulfide) groups is 1. The molecule has 0 spiro atoms. The van der Waals surface area contributed by atoms with Gasteiger partial charge in [0, 0.05) is 12.3 Å². The summed E-state index contributed by atoms with van der Waals surface area (Å²) in [5, 5.41) is 1.22. The van der Waals surface area contributed by atoms with Crippen LogP contribution in [0.25, 0.3) is 10.9 Å². The van der Waals surface area contributed by atoms with E-state index >= 15 is 0 Å². The zero-order valence-corrected chi connectivity index (χ0v) is 15.9. The van der Waals surface area contributed by atoms with E-state index in [0.29, 0.717) is 46.3 Å². The molecule has 0 aliphatic rings. The van der Waals surface area contributed by atoms with Gasteiger partial charge >= 0.3 is 0 Å². The van der Waals surface area contributed by atoms with Crippen molar-refractivity contribution in [3.63, 3.8) is 0 Å². The number of ether oxygens (including phenoxy) is 1. The average Bonchev–Trinajstić information content (AvgIpc) is 2.68. The zero-order valence-electron chi connectivity index (χ0n) is 15.1.